The van der Waals surface area contributed by atoms with Gasteiger partial charge in [-0.3, -0.25) is 0 Å². The maximum atomic E-state index is 12.6. The second-order valence-electron chi connectivity index (χ2n) is 6.91. The van der Waals surface area contributed by atoms with Crippen molar-refractivity contribution in [2.45, 2.75) is 19.5 Å². The van der Waals surface area contributed by atoms with Crippen molar-refractivity contribution in [3.8, 4) is 5.75 Å². The number of hydrogen-bond donors (Lipinski definition) is 0. The van der Waals surface area contributed by atoms with Crippen LogP contribution < -0.4 is 4.74 Å². The van der Waals surface area contributed by atoms with Gasteiger partial charge >= 0.3 is 11.9 Å². The molecule has 2 aromatic rings. The topological polar surface area (TPSA) is 65.1 Å². The molecule has 156 valence electrons. The van der Waals surface area contributed by atoms with Crippen molar-refractivity contribution in [3.63, 3.8) is 0 Å². The summed E-state index contributed by atoms with van der Waals surface area (Å²) in [6.07, 6.45) is 3.37. The third-order valence-corrected chi connectivity index (χ3v) is 5.16. The molecule has 1 atom stereocenters. The van der Waals surface area contributed by atoms with E-state index in [4.69, 9.17) is 14.2 Å². The Balaban J connectivity index is 2.14. The van der Waals surface area contributed by atoms with Crippen molar-refractivity contribution in [2.75, 3.05) is 21.3 Å². The number of carbonyl (C=O) groups excluding carboxylic acids is 2. The normalized spacial score (nSPS) is 15.7. The zero-order valence-electron chi connectivity index (χ0n) is 17.5. The van der Waals surface area contributed by atoms with Crippen LogP contribution in [0.15, 0.2) is 65.9 Å². The average molecular weight is 407 g/mol. The Morgan fingerprint density at radius 3 is 2.17 bits per heavy atom. The smallest absolute Gasteiger partial charge is 0.340 e. The molecule has 0 spiro atoms. The molecule has 1 unspecified atom stereocenters. The molecule has 0 bridgehead atoms. The molecule has 0 N–H and O–H groups in total. The van der Waals surface area contributed by atoms with Gasteiger partial charge in [-0.25, -0.2) is 9.59 Å². The van der Waals surface area contributed by atoms with Crippen molar-refractivity contribution in [3.05, 3.63) is 82.6 Å². The van der Waals surface area contributed by atoms with Gasteiger partial charge in [-0.2, -0.15) is 0 Å². The summed E-state index contributed by atoms with van der Waals surface area (Å²) in [6, 6.07) is 15.5. The Morgan fingerprint density at radius 1 is 0.900 bits per heavy atom. The molecule has 1 heterocycles. The number of hydrogen-bond acceptors (Lipinski definition) is 6. The monoisotopic (exact) mass is 407 g/mol. The summed E-state index contributed by atoms with van der Waals surface area (Å²) < 4.78 is 15.1. The zero-order valence-corrected chi connectivity index (χ0v) is 17.5. The van der Waals surface area contributed by atoms with Crippen LogP contribution in [0.1, 0.15) is 29.7 Å². The van der Waals surface area contributed by atoms with E-state index in [-0.39, 0.29) is 17.2 Å². The van der Waals surface area contributed by atoms with Crippen molar-refractivity contribution in [1.82, 2.24) is 4.90 Å². The van der Waals surface area contributed by atoms with Crippen LogP contribution in [0.25, 0.3) is 6.08 Å². The minimum absolute atomic E-state index is 0.0570. The predicted octanol–water partition coefficient (Wildman–Crippen LogP) is 3.89. The summed E-state index contributed by atoms with van der Waals surface area (Å²) in [5.74, 6) is -0.426. The van der Waals surface area contributed by atoms with Gasteiger partial charge < -0.3 is 19.1 Å². The standard InChI is InChI=1S/C24H25NO5/c1-16-20-8-6-5-7-18(20)13-21(23(26)29-3)22(24(27)30-4)15-25(16)14-17-9-11-19(28-2)12-10-17/h5-13,15-16H,14H2,1-4H3. The van der Waals surface area contributed by atoms with Crippen LogP contribution in [0.2, 0.25) is 0 Å². The number of esters is 2. The molecular formula is C24H25NO5. The zero-order chi connectivity index (χ0) is 21.7. The van der Waals surface area contributed by atoms with Gasteiger partial charge in [0.25, 0.3) is 0 Å². The highest BCUT2D eigenvalue weighted by Gasteiger charge is 2.28. The Hall–Kier alpha value is -3.54. The van der Waals surface area contributed by atoms with Gasteiger partial charge in [-0.15, -0.1) is 0 Å². The largest absolute Gasteiger partial charge is 0.497 e. The quantitative estimate of drug-likeness (QED) is 0.701. The van der Waals surface area contributed by atoms with E-state index in [0.29, 0.717) is 6.54 Å². The predicted molar refractivity (Wildman–Crippen MR) is 113 cm³/mol. The lowest BCUT2D eigenvalue weighted by atomic mass is 9.93. The summed E-state index contributed by atoms with van der Waals surface area (Å²) in [7, 11) is 4.21. The Kier molecular flexibility index (Phi) is 6.57. The van der Waals surface area contributed by atoms with Crippen molar-refractivity contribution >= 4 is 18.0 Å². The van der Waals surface area contributed by atoms with Crippen LogP contribution in [0.5, 0.6) is 5.75 Å². The molecule has 0 amide bonds. The molecule has 0 saturated carbocycles. The molecule has 0 saturated heterocycles. The highest BCUT2D eigenvalue weighted by Crippen LogP contribution is 2.32. The van der Waals surface area contributed by atoms with E-state index in [9.17, 15) is 9.59 Å². The fourth-order valence-electron chi connectivity index (χ4n) is 3.46. The second-order valence-corrected chi connectivity index (χ2v) is 6.91. The molecule has 30 heavy (non-hydrogen) atoms. The Bertz CT molecular complexity index is 991. The molecule has 0 aliphatic carbocycles. The van der Waals surface area contributed by atoms with Crippen LogP contribution in [-0.2, 0) is 25.6 Å². The second kappa shape index (κ2) is 9.31. The van der Waals surface area contributed by atoms with Crippen molar-refractivity contribution < 1.29 is 23.8 Å². The summed E-state index contributed by atoms with van der Waals surface area (Å²) in [6.45, 7) is 2.58. The number of benzene rings is 2. The minimum atomic E-state index is -0.599. The Labute approximate surface area is 176 Å². The lowest BCUT2D eigenvalue weighted by molar-refractivity contribution is -0.139. The molecule has 2 aromatic carbocycles. The maximum absolute atomic E-state index is 12.6. The van der Waals surface area contributed by atoms with Gasteiger partial charge in [-0.1, -0.05) is 36.4 Å². The number of methoxy groups -OCH3 is 3. The summed E-state index contributed by atoms with van der Waals surface area (Å²) in [5, 5.41) is 0. The summed E-state index contributed by atoms with van der Waals surface area (Å²) in [4.78, 5) is 27.1. The fourth-order valence-corrected chi connectivity index (χ4v) is 3.46. The first-order valence-electron chi connectivity index (χ1n) is 9.56. The maximum Gasteiger partial charge on any atom is 0.340 e. The highest BCUT2D eigenvalue weighted by molar-refractivity contribution is 6.10. The van der Waals surface area contributed by atoms with Gasteiger partial charge in [0.15, 0.2) is 0 Å². The van der Waals surface area contributed by atoms with Crippen molar-refractivity contribution in [2.24, 2.45) is 0 Å². The molecule has 6 heteroatoms. The fraction of sp³-hybridized carbons (Fsp3) is 0.250. The van der Waals surface area contributed by atoms with E-state index in [1.165, 1.54) is 14.2 Å². The first-order valence-corrected chi connectivity index (χ1v) is 9.56. The summed E-state index contributed by atoms with van der Waals surface area (Å²) in [5.41, 5.74) is 3.22. The minimum Gasteiger partial charge on any atom is -0.497 e. The van der Waals surface area contributed by atoms with Gasteiger partial charge in [0, 0.05) is 12.7 Å². The number of carbonyl (C=O) groups is 2. The van der Waals surface area contributed by atoms with Crippen LogP contribution in [0.3, 0.4) is 0 Å². The number of rotatable bonds is 5. The van der Waals surface area contributed by atoms with Gasteiger partial charge in [0.1, 0.15) is 5.75 Å². The molecule has 6 nitrogen and oxygen atoms in total. The van der Waals surface area contributed by atoms with Crippen molar-refractivity contribution in [1.29, 1.82) is 0 Å². The lowest BCUT2D eigenvalue weighted by Crippen LogP contribution is -2.26. The molecule has 0 radical (unpaired) electrons. The van der Waals surface area contributed by atoms with Crippen LogP contribution in [0, 0.1) is 0 Å². The first kappa shape index (κ1) is 21.2. The molecule has 1 aliphatic rings. The van der Waals surface area contributed by atoms with Crippen LogP contribution in [0.4, 0.5) is 0 Å². The van der Waals surface area contributed by atoms with Gasteiger partial charge in [-0.05, 0) is 41.8 Å². The molecule has 1 aliphatic heterocycles. The van der Waals surface area contributed by atoms with Gasteiger partial charge in [0.2, 0.25) is 0 Å². The highest BCUT2D eigenvalue weighted by atomic mass is 16.5. The van der Waals surface area contributed by atoms with E-state index in [1.54, 1.807) is 19.4 Å². The van der Waals surface area contributed by atoms with E-state index < -0.39 is 11.9 Å². The third-order valence-electron chi connectivity index (χ3n) is 5.16. The number of ether oxygens (including phenoxy) is 3. The average Bonchev–Trinajstić information content (AvgIpc) is 2.78. The first-order chi connectivity index (χ1) is 14.5. The van der Waals surface area contributed by atoms with E-state index in [2.05, 4.69) is 6.92 Å². The molecule has 0 fully saturated rings. The van der Waals surface area contributed by atoms with Crippen LogP contribution in [-0.4, -0.2) is 38.2 Å². The summed E-state index contributed by atoms with van der Waals surface area (Å²) >= 11 is 0. The van der Waals surface area contributed by atoms with E-state index in [1.807, 2.05) is 53.4 Å². The SMILES string of the molecule is COC(=O)C1=Cc2ccccc2C(C)N(Cc2ccc(OC)cc2)C=C1C(=O)OC. The number of fused-ring (bicyclic) bond motifs is 1. The number of nitrogens with zero attached hydrogens (tertiary/aromatic N) is 1. The van der Waals surface area contributed by atoms with Gasteiger partial charge in [0.05, 0.1) is 38.5 Å². The van der Waals surface area contributed by atoms with E-state index >= 15 is 0 Å². The molecular weight excluding hydrogens is 382 g/mol. The van der Waals surface area contributed by atoms with Crippen LogP contribution >= 0.6 is 0 Å². The molecule has 0 aromatic heterocycles. The lowest BCUT2D eigenvalue weighted by Gasteiger charge is -2.32. The Morgan fingerprint density at radius 2 is 1.53 bits per heavy atom. The third kappa shape index (κ3) is 4.38. The molecule has 3 rings (SSSR count). The van der Waals surface area contributed by atoms with E-state index in [0.717, 1.165) is 22.4 Å².